The maximum atomic E-state index is 9.34. The normalized spacial score (nSPS) is 10.8. The highest BCUT2D eigenvalue weighted by atomic mass is 16.3. The maximum Gasteiger partial charge on any atom is 0.116 e. The van der Waals surface area contributed by atoms with Crippen LogP contribution >= 0.6 is 0 Å². The number of benzene rings is 1. The number of H-pyrrole nitrogens is 1. The van der Waals surface area contributed by atoms with Crippen LogP contribution in [-0.2, 0) is 0 Å². The van der Waals surface area contributed by atoms with Crippen LogP contribution in [0.25, 0.3) is 10.9 Å². The molecule has 0 aliphatic heterocycles. The van der Waals surface area contributed by atoms with E-state index in [1.807, 2.05) is 20.0 Å². The molecule has 0 unspecified atom stereocenters. The van der Waals surface area contributed by atoms with Gasteiger partial charge < -0.3 is 10.1 Å². The average molecular weight is 161 g/mol. The van der Waals surface area contributed by atoms with Crippen LogP contribution < -0.4 is 0 Å². The van der Waals surface area contributed by atoms with E-state index in [9.17, 15) is 5.11 Å². The van der Waals surface area contributed by atoms with Gasteiger partial charge in [-0.25, -0.2) is 0 Å². The predicted octanol–water partition coefficient (Wildman–Crippen LogP) is 2.49. The summed E-state index contributed by atoms with van der Waals surface area (Å²) in [6.45, 7) is 4.01. The van der Waals surface area contributed by atoms with E-state index in [-0.39, 0.29) is 0 Å². The minimum Gasteiger partial charge on any atom is -0.508 e. The lowest BCUT2D eigenvalue weighted by Gasteiger charge is -1.98. The molecular formula is C10H11NO. The molecule has 1 aromatic carbocycles. The summed E-state index contributed by atoms with van der Waals surface area (Å²) in [5.41, 5.74) is 3.37. The third-order valence-corrected chi connectivity index (χ3v) is 2.18. The second kappa shape index (κ2) is 2.27. The molecule has 0 amide bonds. The second-order valence-corrected chi connectivity index (χ2v) is 3.16. The molecule has 0 saturated carbocycles. The third-order valence-electron chi connectivity index (χ3n) is 2.18. The Hall–Kier alpha value is -1.44. The van der Waals surface area contributed by atoms with Crippen molar-refractivity contribution >= 4 is 10.9 Å². The number of aryl methyl sites for hydroxylation is 2. The SMILES string of the molecule is Cc1c[nH]c2c(C)cc(O)cc12. The van der Waals surface area contributed by atoms with E-state index in [2.05, 4.69) is 4.98 Å². The fourth-order valence-electron chi connectivity index (χ4n) is 1.53. The molecule has 0 fully saturated rings. The zero-order chi connectivity index (χ0) is 8.72. The van der Waals surface area contributed by atoms with Crippen LogP contribution in [0.15, 0.2) is 18.3 Å². The predicted molar refractivity (Wildman–Crippen MR) is 49.4 cm³/mol. The fraction of sp³-hybridized carbons (Fsp3) is 0.200. The minimum absolute atomic E-state index is 0.336. The number of hydrogen-bond donors (Lipinski definition) is 2. The third kappa shape index (κ3) is 0.881. The highest BCUT2D eigenvalue weighted by Gasteiger charge is 2.03. The minimum atomic E-state index is 0.336. The van der Waals surface area contributed by atoms with Gasteiger partial charge >= 0.3 is 0 Å². The fourth-order valence-corrected chi connectivity index (χ4v) is 1.53. The van der Waals surface area contributed by atoms with Gasteiger partial charge in [-0.1, -0.05) is 0 Å². The molecule has 0 spiro atoms. The van der Waals surface area contributed by atoms with Gasteiger partial charge in [0, 0.05) is 17.1 Å². The van der Waals surface area contributed by atoms with E-state index in [1.165, 1.54) is 5.56 Å². The van der Waals surface area contributed by atoms with Crippen molar-refractivity contribution in [2.24, 2.45) is 0 Å². The lowest BCUT2D eigenvalue weighted by Crippen LogP contribution is -1.76. The summed E-state index contributed by atoms with van der Waals surface area (Å²) in [6.07, 6.45) is 1.96. The molecule has 1 aromatic heterocycles. The first-order valence-electron chi connectivity index (χ1n) is 3.96. The molecule has 0 atom stereocenters. The van der Waals surface area contributed by atoms with E-state index < -0.39 is 0 Å². The Morgan fingerprint density at radius 3 is 2.67 bits per heavy atom. The molecule has 0 bridgehead atoms. The molecule has 0 aliphatic rings. The van der Waals surface area contributed by atoms with Crippen molar-refractivity contribution in [1.82, 2.24) is 4.98 Å². The van der Waals surface area contributed by atoms with Gasteiger partial charge in [0.25, 0.3) is 0 Å². The summed E-state index contributed by atoms with van der Waals surface area (Å²) in [5.74, 6) is 0.336. The monoisotopic (exact) mass is 161 g/mol. The molecule has 2 aromatic rings. The summed E-state index contributed by atoms with van der Waals surface area (Å²) >= 11 is 0. The quantitative estimate of drug-likeness (QED) is 0.611. The van der Waals surface area contributed by atoms with Gasteiger partial charge in [-0.15, -0.1) is 0 Å². The Morgan fingerprint density at radius 1 is 1.17 bits per heavy atom. The van der Waals surface area contributed by atoms with Crippen molar-refractivity contribution in [1.29, 1.82) is 0 Å². The maximum absolute atomic E-state index is 9.34. The highest BCUT2D eigenvalue weighted by molar-refractivity contribution is 5.87. The summed E-state index contributed by atoms with van der Waals surface area (Å²) in [5, 5.41) is 10.4. The van der Waals surface area contributed by atoms with E-state index >= 15 is 0 Å². The van der Waals surface area contributed by atoms with E-state index in [4.69, 9.17) is 0 Å². The van der Waals surface area contributed by atoms with Crippen LogP contribution in [0.3, 0.4) is 0 Å². The number of aromatic amines is 1. The molecule has 0 saturated heterocycles. The Bertz CT molecular complexity index is 429. The van der Waals surface area contributed by atoms with E-state index in [0.29, 0.717) is 5.75 Å². The molecule has 2 heteroatoms. The van der Waals surface area contributed by atoms with Crippen LogP contribution in [0.5, 0.6) is 5.75 Å². The smallest absolute Gasteiger partial charge is 0.116 e. The Morgan fingerprint density at radius 2 is 1.92 bits per heavy atom. The number of hydrogen-bond acceptors (Lipinski definition) is 1. The Labute approximate surface area is 70.8 Å². The molecule has 12 heavy (non-hydrogen) atoms. The zero-order valence-electron chi connectivity index (χ0n) is 7.18. The number of aromatic nitrogens is 1. The largest absolute Gasteiger partial charge is 0.508 e. The van der Waals surface area contributed by atoms with Crippen molar-refractivity contribution in [3.8, 4) is 5.75 Å². The van der Waals surface area contributed by atoms with Gasteiger partial charge in [-0.2, -0.15) is 0 Å². The van der Waals surface area contributed by atoms with Crippen LogP contribution in [0.1, 0.15) is 11.1 Å². The van der Waals surface area contributed by atoms with Crippen LogP contribution in [-0.4, -0.2) is 10.1 Å². The second-order valence-electron chi connectivity index (χ2n) is 3.16. The molecular weight excluding hydrogens is 150 g/mol. The van der Waals surface area contributed by atoms with Gasteiger partial charge in [0.05, 0.1) is 0 Å². The first kappa shape index (κ1) is 7.22. The number of phenols is 1. The molecule has 2 N–H and O–H groups in total. The topological polar surface area (TPSA) is 36.0 Å². The molecule has 2 nitrogen and oxygen atoms in total. The first-order chi connectivity index (χ1) is 5.68. The number of phenolic OH excluding ortho intramolecular Hbond substituents is 1. The van der Waals surface area contributed by atoms with E-state index in [0.717, 1.165) is 16.5 Å². The molecule has 0 radical (unpaired) electrons. The molecule has 2 rings (SSSR count). The zero-order valence-corrected chi connectivity index (χ0v) is 7.18. The molecule has 62 valence electrons. The number of fused-ring (bicyclic) bond motifs is 1. The standard InChI is InChI=1S/C10H11NO/c1-6-3-8(12)4-9-7(2)5-11-10(6)9/h3-5,11-12H,1-2H3. The lowest BCUT2D eigenvalue weighted by molar-refractivity contribution is 0.476. The number of nitrogens with one attached hydrogen (secondary N) is 1. The van der Waals surface area contributed by atoms with Gasteiger partial charge in [0.1, 0.15) is 5.75 Å². The van der Waals surface area contributed by atoms with Gasteiger partial charge in [-0.05, 0) is 37.1 Å². The van der Waals surface area contributed by atoms with Crippen molar-refractivity contribution in [3.05, 3.63) is 29.5 Å². The van der Waals surface area contributed by atoms with Crippen molar-refractivity contribution < 1.29 is 5.11 Å². The summed E-state index contributed by atoms with van der Waals surface area (Å²) in [6, 6.07) is 3.55. The van der Waals surface area contributed by atoms with Crippen LogP contribution in [0.4, 0.5) is 0 Å². The Balaban J connectivity index is 2.92. The number of rotatable bonds is 0. The highest BCUT2D eigenvalue weighted by Crippen LogP contribution is 2.25. The van der Waals surface area contributed by atoms with Crippen molar-refractivity contribution in [2.75, 3.05) is 0 Å². The molecule has 0 aliphatic carbocycles. The van der Waals surface area contributed by atoms with Crippen LogP contribution in [0, 0.1) is 13.8 Å². The summed E-state index contributed by atoms with van der Waals surface area (Å²) in [7, 11) is 0. The summed E-state index contributed by atoms with van der Waals surface area (Å²) < 4.78 is 0. The first-order valence-corrected chi connectivity index (χ1v) is 3.96. The van der Waals surface area contributed by atoms with Crippen LogP contribution in [0.2, 0.25) is 0 Å². The number of aromatic hydroxyl groups is 1. The van der Waals surface area contributed by atoms with Gasteiger partial charge in [-0.3, -0.25) is 0 Å². The average Bonchev–Trinajstić information content (AvgIpc) is 2.33. The van der Waals surface area contributed by atoms with Crippen molar-refractivity contribution in [3.63, 3.8) is 0 Å². The summed E-state index contributed by atoms with van der Waals surface area (Å²) in [4.78, 5) is 3.17. The van der Waals surface area contributed by atoms with Crippen molar-refractivity contribution in [2.45, 2.75) is 13.8 Å². The van der Waals surface area contributed by atoms with Gasteiger partial charge in [0.15, 0.2) is 0 Å². The lowest BCUT2D eigenvalue weighted by atomic mass is 10.1. The Kier molecular flexibility index (Phi) is 1.37. The van der Waals surface area contributed by atoms with E-state index in [1.54, 1.807) is 12.1 Å². The van der Waals surface area contributed by atoms with Gasteiger partial charge in [0.2, 0.25) is 0 Å². The molecule has 1 heterocycles.